The van der Waals surface area contributed by atoms with Crippen LogP contribution in [-0.4, -0.2) is 122 Å². The molecule has 8 rings (SSSR count). The maximum Gasteiger partial charge on any atom is 0.419 e. The van der Waals surface area contributed by atoms with E-state index in [1.165, 1.54) is 14.2 Å². The van der Waals surface area contributed by atoms with Crippen molar-refractivity contribution in [3.05, 3.63) is 130 Å². The SMILES string of the molecule is COC(=O)c1ccc([C@@H]2C[C@@H](OC)CCN2Cc2c(OC)cc(C)c3c2ccn3C(=O)OC(C)(C)C)cc1.COC(=O)c1ccc([C@H]2C[C@H](OC)CCN2Cc2c(OC)cc(C)c3c2ccn3C(=O)OC(C)(C)C)cc1. The fraction of sp³-hybridized carbons (Fsp3) is 0.467. The highest BCUT2D eigenvalue weighted by Crippen LogP contribution is 2.41. The number of esters is 2. The van der Waals surface area contributed by atoms with Gasteiger partial charge in [0.1, 0.15) is 22.7 Å². The van der Waals surface area contributed by atoms with Gasteiger partial charge >= 0.3 is 24.1 Å². The third-order valence-corrected chi connectivity index (χ3v) is 14.2. The van der Waals surface area contributed by atoms with Crippen molar-refractivity contribution in [1.29, 1.82) is 0 Å². The molecule has 0 N–H and O–H groups in total. The fourth-order valence-electron chi connectivity index (χ4n) is 10.5. The number of hydrogen-bond donors (Lipinski definition) is 0. The normalized spacial score (nSPS) is 18.4. The lowest BCUT2D eigenvalue weighted by Crippen LogP contribution is -2.39. The first-order valence-electron chi connectivity index (χ1n) is 25.8. The van der Waals surface area contributed by atoms with Crippen molar-refractivity contribution >= 4 is 45.9 Å². The van der Waals surface area contributed by atoms with Crippen molar-refractivity contribution in [3.63, 3.8) is 0 Å². The number of ether oxygens (including phenoxy) is 8. The van der Waals surface area contributed by atoms with Crippen molar-refractivity contribution < 1.29 is 57.1 Å². The molecule has 2 aliphatic rings. The van der Waals surface area contributed by atoms with Crippen LogP contribution >= 0.6 is 0 Å². The average Bonchev–Trinajstić information content (AvgIpc) is 4.08. The van der Waals surface area contributed by atoms with Gasteiger partial charge in [0, 0.05) is 86.8 Å². The van der Waals surface area contributed by atoms with Gasteiger partial charge in [-0.2, -0.15) is 0 Å². The summed E-state index contributed by atoms with van der Waals surface area (Å²) >= 11 is 0. The van der Waals surface area contributed by atoms with Gasteiger partial charge in [-0.25, -0.2) is 19.2 Å². The van der Waals surface area contributed by atoms with Gasteiger partial charge in [0.25, 0.3) is 0 Å². The zero-order valence-corrected chi connectivity index (χ0v) is 46.7. The van der Waals surface area contributed by atoms with Crippen molar-refractivity contribution in [2.75, 3.05) is 55.7 Å². The predicted molar refractivity (Wildman–Crippen MR) is 292 cm³/mol. The van der Waals surface area contributed by atoms with Crippen LogP contribution in [0, 0.1) is 13.8 Å². The van der Waals surface area contributed by atoms with E-state index in [2.05, 4.69) is 9.80 Å². The Bertz CT molecular complexity index is 2810. The number of carbonyl (C=O) groups is 4. The maximum absolute atomic E-state index is 13.0. The molecule has 0 bridgehead atoms. The Morgan fingerprint density at radius 1 is 0.526 bits per heavy atom. The standard InChI is InChI=1S/2C30H38N2O6/c2*1-19-16-26(36-6)24(23-13-15-32(27(19)23)29(34)38-30(2,3)4)18-31-14-12-22(35-5)17-25(31)20-8-10-21(11-9-20)28(33)37-7/h2*8-11,13,15-16,22,25H,12,14,17-18H2,1-7H3/t2*22-,25-/m10/s1. The Labute approximate surface area is 447 Å². The van der Waals surface area contributed by atoms with Crippen molar-refractivity contribution in [3.8, 4) is 11.5 Å². The Morgan fingerprint density at radius 3 is 1.18 bits per heavy atom. The molecule has 4 aromatic carbocycles. The molecule has 408 valence electrons. The van der Waals surface area contributed by atoms with Gasteiger partial charge in [-0.05, 0) is 152 Å². The molecule has 0 spiro atoms. The number of fused-ring (bicyclic) bond motifs is 2. The zero-order valence-electron chi connectivity index (χ0n) is 46.7. The van der Waals surface area contributed by atoms with E-state index >= 15 is 0 Å². The highest BCUT2D eigenvalue weighted by atomic mass is 16.6. The number of rotatable bonds is 12. The second kappa shape index (κ2) is 24.1. The Hall–Kier alpha value is -6.72. The number of likely N-dealkylation sites (tertiary alicyclic amines) is 2. The molecule has 0 saturated carbocycles. The van der Waals surface area contributed by atoms with Crippen LogP contribution in [0.2, 0.25) is 0 Å². The number of benzene rings is 4. The summed E-state index contributed by atoms with van der Waals surface area (Å²) in [6.45, 7) is 18.0. The Kier molecular flexibility index (Phi) is 18.1. The molecular weight excluding hydrogens is 969 g/mol. The lowest BCUT2D eigenvalue weighted by Gasteiger charge is -2.39. The van der Waals surface area contributed by atoms with E-state index in [9.17, 15) is 19.2 Å². The summed E-state index contributed by atoms with van der Waals surface area (Å²) in [6.07, 6.45) is 6.48. The molecule has 76 heavy (non-hydrogen) atoms. The Morgan fingerprint density at radius 2 is 0.882 bits per heavy atom. The number of carbonyl (C=O) groups excluding carboxylic acids is 4. The minimum absolute atomic E-state index is 0.0781. The third kappa shape index (κ3) is 12.9. The topological polar surface area (TPSA) is 158 Å². The van der Waals surface area contributed by atoms with E-state index in [-0.39, 0.29) is 36.2 Å². The first-order valence-corrected chi connectivity index (χ1v) is 25.8. The minimum atomic E-state index is -0.598. The number of aromatic nitrogens is 2. The van der Waals surface area contributed by atoms with Crippen LogP contribution in [-0.2, 0) is 41.5 Å². The summed E-state index contributed by atoms with van der Waals surface area (Å²) in [5.41, 5.74) is 7.60. The van der Waals surface area contributed by atoms with E-state index in [1.807, 2.05) is 104 Å². The van der Waals surface area contributed by atoms with E-state index < -0.39 is 23.4 Å². The maximum atomic E-state index is 13.0. The highest BCUT2D eigenvalue weighted by Gasteiger charge is 2.34. The number of piperidine rings is 2. The molecule has 2 fully saturated rings. The second-order valence-corrected chi connectivity index (χ2v) is 21.6. The number of hydrogen-bond acceptors (Lipinski definition) is 14. The summed E-state index contributed by atoms with van der Waals surface area (Å²) < 4.78 is 47.4. The monoisotopic (exact) mass is 1040 g/mol. The second-order valence-electron chi connectivity index (χ2n) is 21.6. The molecule has 16 heteroatoms. The molecule has 6 aromatic rings. The van der Waals surface area contributed by atoms with E-state index in [1.54, 1.807) is 74.2 Å². The first kappa shape index (κ1) is 57.0. The molecule has 0 aliphatic carbocycles. The lowest BCUT2D eigenvalue weighted by atomic mass is 9.91. The smallest absolute Gasteiger partial charge is 0.419 e. The molecular formula is C60H76N4O12. The van der Waals surface area contributed by atoms with Crippen LogP contribution in [0.4, 0.5) is 9.59 Å². The average molecular weight is 1050 g/mol. The number of nitrogens with zero attached hydrogens (tertiary/aromatic N) is 4. The number of aryl methyl sites for hydroxylation is 2. The summed E-state index contributed by atoms with van der Waals surface area (Å²) in [4.78, 5) is 54.7. The zero-order chi connectivity index (χ0) is 55.2. The van der Waals surface area contributed by atoms with Crippen LogP contribution in [0.5, 0.6) is 11.5 Å². The van der Waals surface area contributed by atoms with Crippen LogP contribution in [0.1, 0.15) is 133 Å². The van der Waals surface area contributed by atoms with Gasteiger partial charge in [0.2, 0.25) is 0 Å². The van der Waals surface area contributed by atoms with Crippen LogP contribution in [0.15, 0.2) is 85.2 Å². The summed E-state index contributed by atoms with van der Waals surface area (Å²) in [5, 5.41) is 1.92. The highest BCUT2D eigenvalue weighted by molar-refractivity contribution is 5.96. The van der Waals surface area contributed by atoms with Gasteiger partial charge in [-0.3, -0.25) is 18.9 Å². The van der Waals surface area contributed by atoms with Gasteiger partial charge in [-0.1, -0.05) is 24.3 Å². The quantitative estimate of drug-likeness (QED) is 0.0842. The van der Waals surface area contributed by atoms with E-state index in [4.69, 9.17) is 37.9 Å². The van der Waals surface area contributed by atoms with E-state index in [0.29, 0.717) is 24.2 Å². The molecule has 4 heterocycles. The molecule has 2 aliphatic heterocycles. The van der Waals surface area contributed by atoms with Gasteiger partial charge in [0.05, 0.1) is 62.8 Å². The molecule has 0 radical (unpaired) electrons. The van der Waals surface area contributed by atoms with Gasteiger partial charge in [-0.15, -0.1) is 0 Å². The molecule has 2 aromatic heterocycles. The van der Waals surface area contributed by atoms with Crippen molar-refractivity contribution in [1.82, 2.24) is 18.9 Å². The largest absolute Gasteiger partial charge is 0.496 e. The van der Waals surface area contributed by atoms with E-state index in [0.717, 1.165) is 105 Å². The third-order valence-electron chi connectivity index (χ3n) is 14.2. The summed E-state index contributed by atoms with van der Waals surface area (Å²) in [5.74, 6) is 0.859. The molecule has 0 amide bonds. The van der Waals surface area contributed by atoms with Crippen molar-refractivity contribution in [2.24, 2.45) is 0 Å². The van der Waals surface area contributed by atoms with Gasteiger partial charge in [0.15, 0.2) is 0 Å². The first-order chi connectivity index (χ1) is 36.1. The molecule has 4 atom stereocenters. The van der Waals surface area contributed by atoms with Crippen LogP contribution in [0.3, 0.4) is 0 Å². The van der Waals surface area contributed by atoms with Gasteiger partial charge < -0.3 is 37.9 Å². The fourth-order valence-corrected chi connectivity index (χ4v) is 10.5. The van der Waals surface area contributed by atoms with Crippen LogP contribution in [0.25, 0.3) is 21.8 Å². The molecule has 0 unspecified atom stereocenters. The summed E-state index contributed by atoms with van der Waals surface area (Å²) in [7, 11) is 9.62. The van der Waals surface area contributed by atoms with Crippen molar-refractivity contribution in [2.45, 2.75) is 130 Å². The summed E-state index contributed by atoms with van der Waals surface area (Å²) in [6, 6.07) is 23.2. The lowest BCUT2D eigenvalue weighted by molar-refractivity contribution is 0.00668. The molecule has 16 nitrogen and oxygen atoms in total. The molecule has 2 saturated heterocycles. The van der Waals surface area contributed by atoms with Crippen LogP contribution < -0.4 is 9.47 Å². The predicted octanol–water partition coefficient (Wildman–Crippen LogP) is 11.8. The number of methoxy groups -OCH3 is 6. The minimum Gasteiger partial charge on any atom is -0.496 e. The Balaban J connectivity index is 0.000000221.